The van der Waals surface area contributed by atoms with Gasteiger partial charge in [0.05, 0.1) is 19.1 Å². The van der Waals surface area contributed by atoms with Crippen molar-refractivity contribution in [2.24, 2.45) is 5.92 Å². The molecule has 0 amide bonds. The van der Waals surface area contributed by atoms with E-state index in [-0.39, 0.29) is 12.4 Å². The lowest BCUT2D eigenvalue weighted by Crippen LogP contribution is -3.16. The molecular formula is C15H20ClN. The Labute approximate surface area is 110 Å². The van der Waals surface area contributed by atoms with Crippen molar-refractivity contribution < 1.29 is 17.3 Å². The minimum atomic E-state index is 0. The normalized spacial score (nSPS) is 41.6. The van der Waals surface area contributed by atoms with Crippen molar-refractivity contribution in [1.82, 2.24) is 0 Å². The van der Waals surface area contributed by atoms with Gasteiger partial charge >= 0.3 is 0 Å². The molecule has 3 aliphatic rings. The van der Waals surface area contributed by atoms with Crippen LogP contribution < -0.4 is 17.3 Å². The predicted molar refractivity (Wildman–Crippen MR) is 64.7 cm³/mol. The van der Waals surface area contributed by atoms with Crippen LogP contribution in [0.4, 0.5) is 0 Å². The Morgan fingerprint density at radius 2 is 2.00 bits per heavy atom. The highest BCUT2D eigenvalue weighted by atomic mass is 35.5. The van der Waals surface area contributed by atoms with E-state index in [0.717, 1.165) is 23.9 Å². The van der Waals surface area contributed by atoms with E-state index in [9.17, 15) is 0 Å². The summed E-state index contributed by atoms with van der Waals surface area (Å²) in [6.07, 6.45) is 5.76. The summed E-state index contributed by atoms with van der Waals surface area (Å²) < 4.78 is 0. The zero-order valence-corrected chi connectivity index (χ0v) is 11.1. The van der Waals surface area contributed by atoms with Crippen molar-refractivity contribution in [3.05, 3.63) is 35.4 Å². The van der Waals surface area contributed by atoms with Crippen LogP contribution in [0.5, 0.6) is 0 Å². The van der Waals surface area contributed by atoms with Crippen LogP contribution in [0.25, 0.3) is 0 Å². The fourth-order valence-corrected chi connectivity index (χ4v) is 4.73. The number of rotatable bonds is 0. The molecule has 3 unspecified atom stereocenters. The first-order valence-electron chi connectivity index (χ1n) is 6.75. The third kappa shape index (κ3) is 1.49. The van der Waals surface area contributed by atoms with Gasteiger partial charge in [-0.15, -0.1) is 0 Å². The molecule has 4 rings (SSSR count). The van der Waals surface area contributed by atoms with E-state index in [1.54, 1.807) is 11.1 Å². The topological polar surface area (TPSA) is 4.44 Å². The minimum Gasteiger partial charge on any atom is -1.00 e. The first-order chi connectivity index (χ1) is 7.84. The van der Waals surface area contributed by atoms with E-state index >= 15 is 0 Å². The largest absolute Gasteiger partial charge is 1.00 e. The van der Waals surface area contributed by atoms with Gasteiger partial charge in [-0.25, -0.2) is 0 Å². The Morgan fingerprint density at radius 1 is 1.18 bits per heavy atom. The maximum absolute atomic E-state index is 2.43. The number of nitrogens with one attached hydrogen (secondary N) is 1. The summed E-state index contributed by atoms with van der Waals surface area (Å²) in [5.41, 5.74) is 3.34. The molecule has 1 N–H and O–H groups in total. The van der Waals surface area contributed by atoms with Gasteiger partial charge in [-0.1, -0.05) is 24.3 Å². The van der Waals surface area contributed by atoms with E-state index in [2.05, 4.69) is 31.3 Å². The molecule has 2 saturated heterocycles. The molecule has 2 aliphatic heterocycles. The summed E-state index contributed by atoms with van der Waals surface area (Å²) >= 11 is 0. The molecule has 5 atom stereocenters. The van der Waals surface area contributed by atoms with Crippen LogP contribution in [0.15, 0.2) is 24.3 Å². The summed E-state index contributed by atoms with van der Waals surface area (Å²) in [6.45, 7) is 0. The zero-order chi connectivity index (χ0) is 10.7. The first kappa shape index (κ1) is 11.6. The number of hydrogen-bond acceptors (Lipinski definition) is 0. The SMILES string of the molecule is C[NH+]1C2CCC1[C@H]1Cc3ccccc3[C@H]1C2.[Cl-]. The molecular weight excluding hydrogens is 230 g/mol. The van der Waals surface area contributed by atoms with Gasteiger partial charge in [0.25, 0.3) is 0 Å². The lowest BCUT2D eigenvalue weighted by Gasteiger charge is -2.37. The molecule has 92 valence electrons. The smallest absolute Gasteiger partial charge is 0.0914 e. The van der Waals surface area contributed by atoms with Crippen LogP contribution in [0.3, 0.4) is 0 Å². The molecule has 2 heteroatoms. The van der Waals surface area contributed by atoms with Crippen molar-refractivity contribution in [3.8, 4) is 0 Å². The molecule has 2 bridgehead atoms. The predicted octanol–water partition coefficient (Wildman–Crippen LogP) is -1.60. The van der Waals surface area contributed by atoms with E-state index in [4.69, 9.17) is 0 Å². The van der Waals surface area contributed by atoms with Gasteiger partial charge in [0.15, 0.2) is 0 Å². The molecule has 2 fully saturated rings. The van der Waals surface area contributed by atoms with Crippen LogP contribution in [-0.4, -0.2) is 19.1 Å². The zero-order valence-electron chi connectivity index (χ0n) is 10.3. The van der Waals surface area contributed by atoms with Gasteiger partial charge in [0.1, 0.15) is 0 Å². The summed E-state index contributed by atoms with van der Waals surface area (Å²) in [5, 5.41) is 0. The Morgan fingerprint density at radius 3 is 2.88 bits per heavy atom. The third-order valence-corrected chi connectivity index (χ3v) is 5.54. The van der Waals surface area contributed by atoms with Gasteiger partial charge in [0.2, 0.25) is 0 Å². The number of hydrogen-bond donors (Lipinski definition) is 1. The van der Waals surface area contributed by atoms with Crippen LogP contribution >= 0.6 is 0 Å². The maximum Gasteiger partial charge on any atom is 0.0914 e. The molecule has 1 aromatic rings. The number of halogens is 1. The van der Waals surface area contributed by atoms with Gasteiger partial charge in [-0.2, -0.15) is 0 Å². The second-order valence-electron chi connectivity index (χ2n) is 6.03. The molecule has 0 saturated carbocycles. The summed E-state index contributed by atoms with van der Waals surface area (Å²) in [7, 11) is 2.43. The molecule has 1 nitrogen and oxygen atoms in total. The second-order valence-corrected chi connectivity index (χ2v) is 6.03. The lowest BCUT2D eigenvalue weighted by molar-refractivity contribution is -0.927. The van der Waals surface area contributed by atoms with Gasteiger partial charge < -0.3 is 17.3 Å². The molecule has 0 aromatic heterocycles. The van der Waals surface area contributed by atoms with Crippen LogP contribution in [0, 0.1) is 5.92 Å². The number of benzene rings is 1. The molecule has 17 heavy (non-hydrogen) atoms. The average molecular weight is 250 g/mol. The third-order valence-electron chi connectivity index (χ3n) is 5.54. The second kappa shape index (κ2) is 4.00. The Kier molecular flexibility index (Phi) is 2.72. The van der Waals surface area contributed by atoms with Crippen molar-refractivity contribution in [1.29, 1.82) is 0 Å². The quantitative estimate of drug-likeness (QED) is 0.565. The van der Waals surface area contributed by atoms with E-state index in [0.29, 0.717) is 0 Å². The Bertz CT molecular complexity index is 431. The number of piperidine rings is 1. The van der Waals surface area contributed by atoms with E-state index in [1.807, 2.05) is 4.90 Å². The Hall–Kier alpha value is -0.530. The van der Waals surface area contributed by atoms with Crippen molar-refractivity contribution in [2.45, 2.75) is 43.7 Å². The monoisotopic (exact) mass is 249 g/mol. The van der Waals surface area contributed by atoms with Crippen LogP contribution in [0.1, 0.15) is 36.3 Å². The van der Waals surface area contributed by atoms with Gasteiger partial charge in [-0.3, -0.25) is 0 Å². The molecule has 1 aromatic carbocycles. The summed E-state index contributed by atoms with van der Waals surface area (Å²) in [4.78, 5) is 1.84. The van der Waals surface area contributed by atoms with Gasteiger partial charge in [0, 0.05) is 25.2 Å². The van der Waals surface area contributed by atoms with Crippen LogP contribution in [-0.2, 0) is 6.42 Å². The van der Waals surface area contributed by atoms with E-state index in [1.165, 1.54) is 25.7 Å². The lowest BCUT2D eigenvalue weighted by atomic mass is 9.81. The molecule has 2 heterocycles. The van der Waals surface area contributed by atoms with Gasteiger partial charge in [-0.05, 0) is 23.5 Å². The average Bonchev–Trinajstić information content (AvgIpc) is 2.77. The highest BCUT2D eigenvalue weighted by Crippen LogP contribution is 2.46. The molecule has 0 spiro atoms. The molecule has 0 radical (unpaired) electrons. The highest BCUT2D eigenvalue weighted by molar-refractivity contribution is 5.37. The van der Waals surface area contributed by atoms with Crippen molar-refractivity contribution >= 4 is 0 Å². The first-order valence-corrected chi connectivity index (χ1v) is 6.75. The van der Waals surface area contributed by atoms with Crippen molar-refractivity contribution in [2.75, 3.05) is 7.05 Å². The standard InChI is InChI=1S/C15H19N.ClH/c1-16-11-6-7-15(16)14-8-10-4-2-3-5-12(10)13(14)9-11;/h2-5,11,13-15H,6-9H2,1H3;1H/t11?,13-,14+,15?;/m1./s1. The van der Waals surface area contributed by atoms with Crippen molar-refractivity contribution in [3.63, 3.8) is 0 Å². The summed E-state index contributed by atoms with van der Waals surface area (Å²) in [6, 6.07) is 11.1. The Balaban J connectivity index is 0.000000902. The van der Waals surface area contributed by atoms with Crippen LogP contribution in [0.2, 0.25) is 0 Å². The van der Waals surface area contributed by atoms with E-state index < -0.39 is 0 Å². The fraction of sp³-hybridized carbons (Fsp3) is 0.600. The highest BCUT2D eigenvalue weighted by Gasteiger charge is 2.51. The number of quaternary nitrogens is 1. The molecule has 1 aliphatic carbocycles. The number of fused-ring (bicyclic) bond motifs is 6. The minimum absolute atomic E-state index is 0. The summed E-state index contributed by atoms with van der Waals surface area (Å²) in [5.74, 6) is 1.86. The fourth-order valence-electron chi connectivity index (χ4n) is 4.73. The maximum atomic E-state index is 2.43.